The lowest BCUT2D eigenvalue weighted by Crippen LogP contribution is -2.28. The molecule has 156 valence electrons. The Morgan fingerprint density at radius 3 is 2.20 bits per heavy atom. The van der Waals surface area contributed by atoms with Crippen molar-refractivity contribution in [2.75, 3.05) is 27.9 Å². The number of hydrogen-bond acceptors (Lipinski definition) is 6. The molecule has 1 N–H and O–H groups in total. The molecule has 0 fully saturated rings. The van der Waals surface area contributed by atoms with Gasteiger partial charge in [-0.05, 0) is 34.5 Å². The fourth-order valence-electron chi connectivity index (χ4n) is 3.10. The quantitative estimate of drug-likeness (QED) is 0.575. The molecular formula is C23H23NO6. The molecule has 0 saturated carbocycles. The van der Waals surface area contributed by atoms with Crippen molar-refractivity contribution in [2.45, 2.75) is 6.54 Å². The highest BCUT2D eigenvalue weighted by Gasteiger charge is 2.15. The summed E-state index contributed by atoms with van der Waals surface area (Å²) >= 11 is 0. The number of hydrogen-bond donors (Lipinski definition) is 1. The van der Waals surface area contributed by atoms with Crippen LogP contribution in [0.25, 0.3) is 10.8 Å². The molecule has 3 aromatic rings. The van der Waals surface area contributed by atoms with Gasteiger partial charge in [0.15, 0.2) is 18.1 Å². The predicted octanol–water partition coefficient (Wildman–Crippen LogP) is 3.34. The van der Waals surface area contributed by atoms with Crippen LogP contribution in [-0.2, 0) is 16.1 Å². The third-order valence-corrected chi connectivity index (χ3v) is 4.56. The number of carbonyl (C=O) groups is 2. The number of amides is 1. The Hall–Kier alpha value is -3.74. The molecule has 0 saturated heterocycles. The molecule has 7 heteroatoms. The number of methoxy groups -OCH3 is 3. The topological polar surface area (TPSA) is 83.1 Å². The number of benzene rings is 3. The van der Waals surface area contributed by atoms with Gasteiger partial charge < -0.3 is 24.3 Å². The fraction of sp³-hybridized carbons (Fsp3) is 0.217. The smallest absolute Gasteiger partial charge is 0.339 e. The normalized spacial score (nSPS) is 10.4. The van der Waals surface area contributed by atoms with Gasteiger partial charge in [0.1, 0.15) is 0 Å². The average Bonchev–Trinajstić information content (AvgIpc) is 2.79. The molecule has 7 nitrogen and oxygen atoms in total. The predicted molar refractivity (Wildman–Crippen MR) is 112 cm³/mol. The van der Waals surface area contributed by atoms with Gasteiger partial charge in [-0.25, -0.2) is 4.79 Å². The maximum atomic E-state index is 12.4. The van der Waals surface area contributed by atoms with Crippen molar-refractivity contribution in [1.29, 1.82) is 0 Å². The maximum absolute atomic E-state index is 12.4. The van der Waals surface area contributed by atoms with E-state index in [1.165, 1.54) is 21.3 Å². The summed E-state index contributed by atoms with van der Waals surface area (Å²) < 4.78 is 21.1. The molecule has 0 bridgehead atoms. The van der Waals surface area contributed by atoms with Crippen LogP contribution in [0.15, 0.2) is 54.6 Å². The Kier molecular flexibility index (Phi) is 6.75. The number of carbonyl (C=O) groups excluding carboxylic acids is 2. The Bertz CT molecular complexity index is 1030. The number of nitrogens with one attached hydrogen (secondary N) is 1. The lowest BCUT2D eigenvalue weighted by Gasteiger charge is -2.14. The minimum Gasteiger partial charge on any atom is -0.493 e. The summed E-state index contributed by atoms with van der Waals surface area (Å²) in [7, 11) is 4.56. The van der Waals surface area contributed by atoms with Gasteiger partial charge in [0, 0.05) is 6.54 Å². The highest BCUT2D eigenvalue weighted by molar-refractivity contribution is 6.04. The molecule has 0 radical (unpaired) electrons. The highest BCUT2D eigenvalue weighted by Crippen LogP contribution is 2.38. The first-order valence-corrected chi connectivity index (χ1v) is 9.27. The van der Waals surface area contributed by atoms with Gasteiger partial charge in [0.2, 0.25) is 5.75 Å². The van der Waals surface area contributed by atoms with Crippen molar-refractivity contribution in [3.05, 3.63) is 65.7 Å². The van der Waals surface area contributed by atoms with Crippen molar-refractivity contribution >= 4 is 22.6 Å². The largest absolute Gasteiger partial charge is 0.493 e. The molecule has 0 atom stereocenters. The highest BCUT2D eigenvalue weighted by atomic mass is 16.5. The van der Waals surface area contributed by atoms with Gasteiger partial charge in [-0.15, -0.1) is 0 Å². The molecule has 3 aromatic carbocycles. The molecule has 0 aliphatic carbocycles. The summed E-state index contributed by atoms with van der Waals surface area (Å²) in [5, 5.41) is 4.42. The van der Waals surface area contributed by atoms with E-state index in [0.29, 0.717) is 22.8 Å². The summed E-state index contributed by atoms with van der Waals surface area (Å²) in [5.41, 5.74) is 1.17. The van der Waals surface area contributed by atoms with Crippen LogP contribution in [0.5, 0.6) is 17.2 Å². The summed E-state index contributed by atoms with van der Waals surface area (Å²) in [6.45, 7) is -0.173. The molecule has 3 rings (SSSR count). The van der Waals surface area contributed by atoms with Crippen LogP contribution >= 0.6 is 0 Å². The minimum absolute atomic E-state index is 0.210. The number of rotatable bonds is 8. The van der Waals surface area contributed by atoms with Crippen molar-refractivity contribution in [3.8, 4) is 17.2 Å². The summed E-state index contributed by atoms with van der Waals surface area (Å²) in [6, 6.07) is 16.4. The number of esters is 1. The fourth-order valence-corrected chi connectivity index (χ4v) is 3.10. The molecule has 0 heterocycles. The van der Waals surface area contributed by atoms with Gasteiger partial charge >= 0.3 is 5.97 Å². The standard InChI is InChI=1S/C23H23NO6/c1-27-19-11-15(12-20(28-2)22(19)29-3)13-24-21(25)14-30-23(26)18-10-6-8-16-7-4-5-9-17(16)18/h4-12H,13-14H2,1-3H3,(H,24,25). The Labute approximate surface area is 174 Å². The third kappa shape index (κ3) is 4.63. The SMILES string of the molecule is COc1cc(CNC(=O)COC(=O)c2cccc3ccccc23)cc(OC)c1OC. The Balaban J connectivity index is 1.60. The van der Waals surface area contributed by atoms with E-state index < -0.39 is 11.9 Å². The third-order valence-electron chi connectivity index (χ3n) is 4.56. The van der Waals surface area contributed by atoms with E-state index in [1.54, 1.807) is 24.3 Å². The van der Waals surface area contributed by atoms with Crippen LogP contribution in [0.1, 0.15) is 15.9 Å². The second-order valence-corrected chi connectivity index (χ2v) is 6.41. The lowest BCUT2D eigenvalue weighted by atomic mass is 10.1. The zero-order chi connectivity index (χ0) is 21.5. The minimum atomic E-state index is -0.547. The van der Waals surface area contributed by atoms with Crippen LogP contribution < -0.4 is 19.5 Å². The van der Waals surface area contributed by atoms with Crippen molar-refractivity contribution in [3.63, 3.8) is 0 Å². The Morgan fingerprint density at radius 2 is 1.53 bits per heavy atom. The van der Waals surface area contributed by atoms with Gasteiger partial charge in [-0.3, -0.25) is 4.79 Å². The summed E-state index contributed by atoms with van der Waals surface area (Å²) in [6.07, 6.45) is 0. The van der Waals surface area contributed by atoms with E-state index in [2.05, 4.69) is 5.32 Å². The first-order chi connectivity index (χ1) is 14.6. The van der Waals surface area contributed by atoms with Crippen LogP contribution in [-0.4, -0.2) is 39.8 Å². The molecular weight excluding hydrogens is 386 g/mol. The zero-order valence-corrected chi connectivity index (χ0v) is 17.1. The molecule has 1 amide bonds. The Morgan fingerprint density at radius 1 is 0.867 bits per heavy atom. The molecule has 0 aliphatic heterocycles. The van der Waals surface area contributed by atoms with E-state index in [-0.39, 0.29) is 13.2 Å². The summed E-state index contributed by atoms with van der Waals surface area (Å²) in [5.74, 6) is 0.484. The van der Waals surface area contributed by atoms with Gasteiger partial charge in [-0.1, -0.05) is 36.4 Å². The first kappa shape index (κ1) is 21.0. The molecule has 0 aliphatic rings. The van der Waals surface area contributed by atoms with Crippen LogP contribution in [0.3, 0.4) is 0 Å². The van der Waals surface area contributed by atoms with Gasteiger partial charge in [0.25, 0.3) is 5.91 Å². The van der Waals surface area contributed by atoms with Crippen LogP contribution in [0.2, 0.25) is 0 Å². The van der Waals surface area contributed by atoms with Crippen molar-refractivity contribution in [1.82, 2.24) is 5.32 Å². The van der Waals surface area contributed by atoms with Crippen LogP contribution in [0, 0.1) is 0 Å². The second kappa shape index (κ2) is 9.65. The molecule has 30 heavy (non-hydrogen) atoms. The van der Waals surface area contributed by atoms with Gasteiger partial charge in [0.05, 0.1) is 26.9 Å². The van der Waals surface area contributed by atoms with E-state index >= 15 is 0 Å². The molecule has 0 unspecified atom stereocenters. The van der Waals surface area contributed by atoms with E-state index in [9.17, 15) is 9.59 Å². The molecule has 0 spiro atoms. The van der Waals surface area contributed by atoms with E-state index in [4.69, 9.17) is 18.9 Å². The summed E-state index contributed by atoms with van der Waals surface area (Å²) in [4.78, 5) is 24.6. The van der Waals surface area contributed by atoms with Gasteiger partial charge in [-0.2, -0.15) is 0 Å². The zero-order valence-electron chi connectivity index (χ0n) is 17.1. The van der Waals surface area contributed by atoms with E-state index in [1.807, 2.05) is 30.3 Å². The second-order valence-electron chi connectivity index (χ2n) is 6.41. The number of ether oxygens (including phenoxy) is 4. The van der Waals surface area contributed by atoms with E-state index in [0.717, 1.165) is 16.3 Å². The van der Waals surface area contributed by atoms with Crippen LogP contribution in [0.4, 0.5) is 0 Å². The number of fused-ring (bicyclic) bond motifs is 1. The lowest BCUT2D eigenvalue weighted by molar-refractivity contribution is -0.124. The first-order valence-electron chi connectivity index (χ1n) is 9.27. The van der Waals surface area contributed by atoms with Crippen molar-refractivity contribution < 1.29 is 28.5 Å². The molecule has 0 aromatic heterocycles. The monoisotopic (exact) mass is 409 g/mol. The van der Waals surface area contributed by atoms with Crippen molar-refractivity contribution in [2.24, 2.45) is 0 Å². The average molecular weight is 409 g/mol. The maximum Gasteiger partial charge on any atom is 0.339 e.